The number of unbranched alkanes of at least 4 members (excludes halogenated alkanes) is 6. The summed E-state index contributed by atoms with van der Waals surface area (Å²) in [7, 11) is 0. The number of hydrogen-bond donors (Lipinski definition) is 0. The lowest BCUT2D eigenvalue weighted by molar-refractivity contribution is 0.584. The molecule has 3 aromatic rings. The van der Waals surface area contributed by atoms with Gasteiger partial charge in [-0.3, -0.25) is 0 Å². The van der Waals surface area contributed by atoms with Gasteiger partial charge in [-0.2, -0.15) is 0 Å². The first-order valence-corrected chi connectivity index (χ1v) is 9.85. The normalized spacial score (nSPS) is 11.0. The van der Waals surface area contributed by atoms with Gasteiger partial charge in [0.2, 0.25) is 11.8 Å². The van der Waals surface area contributed by atoms with Crippen molar-refractivity contribution in [2.24, 2.45) is 0 Å². The van der Waals surface area contributed by atoms with E-state index in [1.54, 1.807) is 0 Å². The third-order valence-electron chi connectivity index (χ3n) is 4.72. The summed E-state index contributed by atoms with van der Waals surface area (Å²) in [6, 6.07) is 18.4. The van der Waals surface area contributed by atoms with E-state index in [1.807, 2.05) is 30.3 Å². The summed E-state index contributed by atoms with van der Waals surface area (Å²) in [6.45, 7) is 2.26. The zero-order valence-electron chi connectivity index (χ0n) is 15.7. The fourth-order valence-corrected chi connectivity index (χ4v) is 3.14. The van der Waals surface area contributed by atoms with E-state index >= 15 is 0 Å². The first-order valence-electron chi connectivity index (χ1n) is 9.85. The number of hydrogen-bond acceptors (Lipinski definition) is 3. The van der Waals surface area contributed by atoms with Crippen LogP contribution in [0.2, 0.25) is 0 Å². The highest BCUT2D eigenvalue weighted by molar-refractivity contribution is 5.57. The second-order valence-electron chi connectivity index (χ2n) is 6.85. The van der Waals surface area contributed by atoms with Crippen LogP contribution >= 0.6 is 0 Å². The standard InChI is InChI=1S/C23H28N2O/c1-2-3-4-5-6-7-9-12-19-15-17-21(18-16-19)23-25-24-22(26-23)20-13-10-8-11-14-20/h8,10-11,13-18H,2-7,9,12H2,1H3. The molecular formula is C23H28N2O. The van der Waals surface area contributed by atoms with Gasteiger partial charge in [0, 0.05) is 11.1 Å². The molecule has 0 unspecified atom stereocenters. The lowest BCUT2D eigenvalue weighted by atomic mass is 10.0. The van der Waals surface area contributed by atoms with Crippen molar-refractivity contribution in [3.8, 4) is 22.9 Å². The van der Waals surface area contributed by atoms with Crippen LogP contribution in [0.15, 0.2) is 59.0 Å². The molecule has 3 nitrogen and oxygen atoms in total. The summed E-state index contributed by atoms with van der Waals surface area (Å²) >= 11 is 0. The summed E-state index contributed by atoms with van der Waals surface area (Å²) < 4.78 is 5.82. The van der Waals surface area contributed by atoms with Crippen molar-refractivity contribution in [2.45, 2.75) is 58.3 Å². The van der Waals surface area contributed by atoms with Crippen molar-refractivity contribution in [3.63, 3.8) is 0 Å². The summed E-state index contributed by atoms with van der Waals surface area (Å²) in [5.41, 5.74) is 3.30. The molecular weight excluding hydrogens is 320 g/mol. The first-order chi connectivity index (χ1) is 12.9. The zero-order chi connectivity index (χ0) is 18.0. The van der Waals surface area contributed by atoms with Crippen molar-refractivity contribution in [3.05, 3.63) is 60.2 Å². The van der Waals surface area contributed by atoms with E-state index in [0.717, 1.165) is 17.5 Å². The highest BCUT2D eigenvalue weighted by Crippen LogP contribution is 2.24. The Morgan fingerprint density at radius 2 is 1.23 bits per heavy atom. The smallest absolute Gasteiger partial charge is 0.248 e. The molecule has 0 aliphatic carbocycles. The predicted molar refractivity (Wildman–Crippen MR) is 107 cm³/mol. The maximum atomic E-state index is 5.82. The topological polar surface area (TPSA) is 38.9 Å². The molecule has 0 N–H and O–H groups in total. The molecule has 0 amide bonds. The third kappa shape index (κ3) is 5.29. The number of benzene rings is 2. The Balaban J connectivity index is 1.49. The van der Waals surface area contributed by atoms with Crippen LogP contribution in [0.3, 0.4) is 0 Å². The molecule has 0 spiro atoms. The fraction of sp³-hybridized carbons (Fsp3) is 0.391. The molecule has 1 heterocycles. The van der Waals surface area contributed by atoms with Crippen LogP contribution < -0.4 is 0 Å². The summed E-state index contributed by atoms with van der Waals surface area (Å²) in [4.78, 5) is 0. The molecule has 26 heavy (non-hydrogen) atoms. The van der Waals surface area contributed by atoms with Crippen LogP contribution in [-0.2, 0) is 6.42 Å². The van der Waals surface area contributed by atoms with Crippen LogP contribution in [0.25, 0.3) is 22.9 Å². The van der Waals surface area contributed by atoms with Crippen molar-refractivity contribution < 1.29 is 4.42 Å². The van der Waals surface area contributed by atoms with Crippen LogP contribution in [0.1, 0.15) is 57.4 Å². The van der Waals surface area contributed by atoms with E-state index in [4.69, 9.17) is 4.42 Å². The minimum atomic E-state index is 0.563. The van der Waals surface area contributed by atoms with Crippen LogP contribution in [0.5, 0.6) is 0 Å². The van der Waals surface area contributed by atoms with Crippen LogP contribution in [-0.4, -0.2) is 10.2 Å². The summed E-state index contributed by atoms with van der Waals surface area (Å²) in [5.74, 6) is 1.14. The van der Waals surface area contributed by atoms with Crippen molar-refractivity contribution in [1.29, 1.82) is 0 Å². The Hall–Kier alpha value is -2.42. The lowest BCUT2D eigenvalue weighted by Crippen LogP contribution is -1.87. The van der Waals surface area contributed by atoms with Crippen LogP contribution in [0.4, 0.5) is 0 Å². The molecule has 0 atom stereocenters. The Morgan fingerprint density at radius 1 is 0.654 bits per heavy atom. The second kappa shape index (κ2) is 9.91. The molecule has 0 fully saturated rings. The Bertz CT molecular complexity index is 762. The van der Waals surface area contributed by atoms with Gasteiger partial charge < -0.3 is 4.42 Å². The van der Waals surface area contributed by atoms with Gasteiger partial charge in [0.15, 0.2) is 0 Å². The molecule has 0 bridgehead atoms. The van der Waals surface area contributed by atoms with Gasteiger partial charge >= 0.3 is 0 Å². The monoisotopic (exact) mass is 348 g/mol. The number of nitrogens with zero attached hydrogens (tertiary/aromatic N) is 2. The Morgan fingerprint density at radius 3 is 1.88 bits per heavy atom. The molecule has 3 rings (SSSR count). The average molecular weight is 348 g/mol. The summed E-state index contributed by atoms with van der Waals surface area (Å²) in [5, 5.41) is 8.35. The van der Waals surface area contributed by atoms with E-state index in [1.165, 1.54) is 50.5 Å². The first kappa shape index (κ1) is 18.4. The van der Waals surface area contributed by atoms with Crippen molar-refractivity contribution in [2.75, 3.05) is 0 Å². The van der Waals surface area contributed by atoms with E-state index in [-0.39, 0.29) is 0 Å². The third-order valence-corrected chi connectivity index (χ3v) is 4.72. The van der Waals surface area contributed by atoms with E-state index < -0.39 is 0 Å². The van der Waals surface area contributed by atoms with Crippen molar-refractivity contribution >= 4 is 0 Å². The van der Waals surface area contributed by atoms with Gasteiger partial charge in [-0.1, -0.05) is 75.8 Å². The molecule has 1 aromatic heterocycles. The van der Waals surface area contributed by atoms with E-state index in [9.17, 15) is 0 Å². The van der Waals surface area contributed by atoms with Gasteiger partial charge in [0.05, 0.1) is 0 Å². The minimum absolute atomic E-state index is 0.563. The quantitative estimate of drug-likeness (QED) is 0.383. The van der Waals surface area contributed by atoms with E-state index in [0.29, 0.717) is 11.8 Å². The predicted octanol–water partition coefficient (Wildman–Crippen LogP) is 6.70. The molecule has 0 saturated carbocycles. The van der Waals surface area contributed by atoms with Crippen LogP contribution in [0, 0.1) is 0 Å². The number of rotatable bonds is 10. The number of aryl methyl sites for hydroxylation is 1. The Labute approximate surface area is 156 Å². The number of aromatic nitrogens is 2. The van der Waals surface area contributed by atoms with E-state index in [2.05, 4.69) is 41.4 Å². The van der Waals surface area contributed by atoms with Gasteiger partial charge in [0.1, 0.15) is 0 Å². The SMILES string of the molecule is CCCCCCCCCc1ccc(-c2nnc(-c3ccccc3)o2)cc1. The molecule has 0 saturated heterocycles. The molecule has 136 valence electrons. The van der Waals surface area contributed by atoms with Gasteiger partial charge in [0.25, 0.3) is 0 Å². The van der Waals surface area contributed by atoms with Crippen molar-refractivity contribution in [1.82, 2.24) is 10.2 Å². The summed E-state index contributed by atoms with van der Waals surface area (Å²) in [6.07, 6.45) is 10.6. The minimum Gasteiger partial charge on any atom is -0.416 e. The lowest BCUT2D eigenvalue weighted by Gasteiger charge is -2.03. The highest BCUT2D eigenvalue weighted by atomic mass is 16.4. The maximum absolute atomic E-state index is 5.82. The van der Waals surface area contributed by atoms with Gasteiger partial charge in [-0.15, -0.1) is 10.2 Å². The largest absolute Gasteiger partial charge is 0.416 e. The van der Waals surface area contributed by atoms with Gasteiger partial charge in [-0.25, -0.2) is 0 Å². The second-order valence-corrected chi connectivity index (χ2v) is 6.85. The molecule has 2 aromatic carbocycles. The maximum Gasteiger partial charge on any atom is 0.248 e. The highest BCUT2D eigenvalue weighted by Gasteiger charge is 2.10. The molecule has 0 radical (unpaired) electrons. The molecule has 0 aliphatic heterocycles. The zero-order valence-corrected chi connectivity index (χ0v) is 15.7. The fourth-order valence-electron chi connectivity index (χ4n) is 3.14. The molecule has 0 aliphatic rings. The average Bonchev–Trinajstić information content (AvgIpc) is 3.19. The Kier molecular flexibility index (Phi) is 7.00. The molecule has 3 heteroatoms. The van der Waals surface area contributed by atoms with Gasteiger partial charge in [-0.05, 0) is 42.7 Å².